The first kappa shape index (κ1) is 24.8. The van der Waals surface area contributed by atoms with Gasteiger partial charge >= 0.3 is 6.36 Å². The number of halogens is 5. The van der Waals surface area contributed by atoms with Gasteiger partial charge in [0, 0.05) is 18.5 Å². The summed E-state index contributed by atoms with van der Waals surface area (Å²) in [6.45, 7) is 5.31. The van der Waals surface area contributed by atoms with E-state index in [1.807, 2.05) is 6.92 Å². The molecule has 35 heavy (non-hydrogen) atoms. The van der Waals surface area contributed by atoms with Crippen molar-refractivity contribution in [1.82, 2.24) is 14.8 Å². The Labute approximate surface area is 198 Å². The van der Waals surface area contributed by atoms with Gasteiger partial charge in [-0.2, -0.15) is 5.10 Å². The Morgan fingerprint density at radius 3 is 2.37 bits per heavy atom. The molecule has 0 N–H and O–H groups in total. The van der Waals surface area contributed by atoms with Crippen molar-refractivity contribution in [3.63, 3.8) is 0 Å². The van der Waals surface area contributed by atoms with Crippen LogP contribution in [0.25, 0.3) is 22.7 Å². The van der Waals surface area contributed by atoms with Crippen molar-refractivity contribution < 1.29 is 26.7 Å². The number of benzene rings is 1. The molecule has 1 aliphatic rings. The van der Waals surface area contributed by atoms with Gasteiger partial charge in [0.15, 0.2) is 0 Å². The number of nitrogens with zero attached hydrogens (tertiary/aromatic N) is 3. The third-order valence-electron chi connectivity index (χ3n) is 6.23. The van der Waals surface area contributed by atoms with Crippen molar-refractivity contribution in [1.29, 1.82) is 0 Å². The van der Waals surface area contributed by atoms with Crippen LogP contribution in [0.1, 0.15) is 61.2 Å². The van der Waals surface area contributed by atoms with Gasteiger partial charge in [0.1, 0.15) is 17.0 Å². The van der Waals surface area contributed by atoms with E-state index in [0.717, 1.165) is 5.56 Å². The fourth-order valence-corrected chi connectivity index (χ4v) is 4.24. The standard InChI is InChI=1S/C25H24F5N3O2/c1-14-13-20-22(31-16(14)3)23(34)21(32-33(20)18-8-10-24(26,27)11-9-18)15(2)12-17-4-6-19(7-5-17)35-25(28,29)30/h4-7,12-13,18H,8-11H2,1-3H3/b15-12+. The predicted octanol–water partition coefficient (Wildman–Crippen LogP) is 6.62. The summed E-state index contributed by atoms with van der Waals surface area (Å²) in [5.41, 5.74) is 2.96. The van der Waals surface area contributed by atoms with E-state index in [0.29, 0.717) is 22.3 Å². The van der Waals surface area contributed by atoms with E-state index in [1.54, 1.807) is 30.7 Å². The molecule has 2 heterocycles. The molecule has 4 rings (SSSR count). The van der Waals surface area contributed by atoms with E-state index >= 15 is 0 Å². The molecule has 5 nitrogen and oxygen atoms in total. The van der Waals surface area contributed by atoms with Crippen LogP contribution in [-0.4, -0.2) is 27.0 Å². The molecule has 3 aromatic rings. The summed E-state index contributed by atoms with van der Waals surface area (Å²) in [5, 5.41) is 4.58. The van der Waals surface area contributed by atoms with Gasteiger partial charge < -0.3 is 4.74 Å². The molecule has 0 bridgehead atoms. The highest BCUT2D eigenvalue weighted by molar-refractivity contribution is 5.83. The van der Waals surface area contributed by atoms with Crippen molar-refractivity contribution in [3.05, 3.63) is 63.1 Å². The molecular weight excluding hydrogens is 469 g/mol. The summed E-state index contributed by atoms with van der Waals surface area (Å²) >= 11 is 0. The van der Waals surface area contributed by atoms with Crippen molar-refractivity contribution in [3.8, 4) is 5.75 Å². The minimum absolute atomic E-state index is 0.112. The number of hydrogen-bond donors (Lipinski definition) is 0. The highest BCUT2D eigenvalue weighted by atomic mass is 19.4. The van der Waals surface area contributed by atoms with E-state index in [9.17, 15) is 26.7 Å². The maximum absolute atomic E-state index is 13.8. The van der Waals surface area contributed by atoms with Crippen LogP contribution < -0.4 is 10.2 Å². The second kappa shape index (κ2) is 9.05. The summed E-state index contributed by atoms with van der Waals surface area (Å²) in [5.74, 6) is -3.07. The Balaban J connectivity index is 1.78. The van der Waals surface area contributed by atoms with Crippen molar-refractivity contribution in [2.45, 2.75) is 64.8 Å². The number of fused-ring (bicyclic) bond motifs is 1. The highest BCUT2D eigenvalue weighted by Crippen LogP contribution is 2.39. The molecular formula is C25H24F5N3O2. The molecule has 0 amide bonds. The van der Waals surface area contributed by atoms with Crippen LogP contribution in [0.5, 0.6) is 5.75 Å². The Hall–Kier alpha value is -3.30. The molecule has 0 radical (unpaired) electrons. The molecule has 1 saturated carbocycles. The number of pyridine rings is 1. The van der Waals surface area contributed by atoms with E-state index in [2.05, 4.69) is 14.8 Å². The molecule has 0 atom stereocenters. The average molecular weight is 493 g/mol. The number of allylic oxidation sites excluding steroid dienone is 1. The lowest BCUT2D eigenvalue weighted by molar-refractivity contribution is -0.274. The lowest BCUT2D eigenvalue weighted by atomic mass is 9.92. The van der Waals surface area contributed by atoms with Gasteiger partial charge in [-0.05, 0) is 74.6 Å². The van der Waals surface area contributed by atoms with Gasteiger partial charge in [-0.15, -0.1) is 13.2 Å². The number of hydrogen-bond acceptors (Lipinski definition) is 4. The fraction of sp³-hybridized carbons (Fsp3) is 0.400. The predicted molar refractivity (Wildman–Crippen MR) is 122 cm³/mol. The van der Waals surface area contributed by atoms with Gasteiger partial charge in [0.25, 0.3) is 0 Å². The molecule has 1 fully saturated rings. The van der Waals surface area contributed by atoms with Crippen molar-refractivity contribution in [2.75, 3.05) is 0 Å². The van der Waals surface area contributed by atoms with Gasteiger partial charge in [-0.1, -0.05) is 12.1 Å². The Bertz CT molecular complexity index is 1330. The van der Waals surface area contributed by atoms with Crippen LogP contribution in [-0.2, 0) is 0 Å². The van der Waals surface area contributed by atoms with Crippen molar-refractivity contribution >= 4 is 22.7 Å². The molecule has 0 spiro atoms. The second-order valence-corrected chi connectivity index (χ2v) is 8.91. The third-order valence-corrected chi connectivity index (χ3v) is 6.23. The van der Waals surface area contributed by atoms with Gasteiger partial charge in [0.2, 0.25) is 11.4 Å². The zero-order chi connectivity index (χ0) is 25.5. The summed E-state index contributed by atoms with van der Waals surface area (Å²) in [7, 11) is 0. The molecule has 10 heteroatoms. The normalized spacial score (nSPS) is 17.1. The summed E-state index contributed by atoms with van der Waals surface area (Å²) in [6.07, 6.45) is -3.27. The van der Waals surface area contributed by atoms with Gasteiger partial charge in [-0.25, -0.2) is 13.8 Å². The monoisotopic (exact) mass is 493 g/mol. The van der Waals surface area contributed by atoms with Crippen LogP contribution >= 0.6 is 0 Å². The zero-order valence-electron chi connectivity index (χ0n) is 19.4. The lowest BCUT2D eigenvalue weighted by Gasteiger charge is -2.30. The van der Waals surface area contributed by atoms with E-state index in [1.165, 1.54) is 24.3 Å². The maximum atomic E-state index is 13.8. The first-order valence-corrected chi connectivity index (χ1v) is 11.2. The number of ether oxygens (including phenoxy) is 1. The molecule has 0 aliphatic heterocycles. The minimum atomic E-state index is -4.79. The first-order valence-electron chi connectivity index (χ1n) is 11.2. The first-order chi connectivity index (χ1) is 16.3. The number of rotatable bonds is 4. The Morgan fingerprint density at radius 1 is 1.14 bits per heavy atom. The smallest absolute Gasteiger partial charge is 0.406 e. The fourth-order valence-electron chi connectivity index (χ4n) is 4.24. The topological polar surface area (TPSA) is 57.0 Å². The summed E-state index contributed by atoms with van der Waals surface area (Å²) < 4.78 is 70.3. The molecule has 1 aromatic carbocycles. The zero-order valence-corrected chi connectivity index (χ0v) is 19.4. The van der Waals surface area contributed by atoms with Crippen LogP contribution in [0.15, 0.2) is 35.1 Å². The van der Waals surface area contributed by atoms with E-state index in [4.69, 9.17) is 0 Å². The van der Waals surface area contributed by atoms with Gasteiger partial charge in [-0.3, -0.25) is 9.48 Å². The minimum Gasteiger partial charge on any atom is -0.406 e. The SMILES string of the molecule is C/C(=C\c1ccc(OC(F)(F)F)cc1)c1nn(C2CCC(F)(F)CC2)c2cc(C)c(C)nc2c1=O. The Kier molecular flexibility index (Phi) is 6.42. The summed E-state index contributed by atoms with van der Waals surface area (Å²) in [4.78, 5) is 17.8. The third kappa shape index (κ3) is 5.52. The van der Waals surface area contributed by atoms with E-state index in [-0.39, 0.29) is 48.7 Å². The molecule has 0 unspecified atom stereocenters. The maximum Gasteiger partial charge on any atom is 0.573 e. The Morgan fingerprint density at radius 2 is 1.77 bits per heavy atom. The van der Waals surface area contributed by atoms with Crippen LogP contribution in [0.3, 0.4) is 0 Å². The van der Waals surface area contributed by atoms with Crippen LogP contribution in [0, 0.1) is 13.8 Å². The molecule has 186 valence electrons. The molecule has 2 aromatic heterocycles. The van der Waals surface area contributed by atoms with E-state index < -0.39 is 17.7 Å². The molecule has 1 aliphatic carbocycles. The summed E-state index contributed by atoms with van der Waals surface area (Å²) in [6, 6.07) is 6.70. The average Bonchev–Trinajstić information content (AvgIpc) is 2.76. The molecule has 0 saturated heterocycles. The van der Waals surface area contributed by atoms with Gasteiger partial charge in [0.05, 0.1) is 11.6 Å². The lowest BCUT2D eigenvalue weighted by Crippen LogP contribution is -2.29. The number of aryl methyl sites for hydroxylation is 2. The number of aromatic nitrogens is 3. The van der Waals surface area contributed by atoms with Crippen molar-refractivity contribution in [2.24, 2.45) is 0 Å². The second-order valence-electron chi connectivity index (χ2n) is 8.91. The quantitative estimate of drug-likeness (QED) is 0.384. The van der Waals surface area contributed by atoms with Crippen LogP contribution in [0.4, 0.5) is 22.0 Å². The largest absolute Gasteiger partial charge is 0.573 e. The van der Waals surface area contributed by atoms with Crippen LogP contribution in [0.2, 0.25) is 0 Å². The highest BCUT2D eigenvalue weighted by Gasteiger charge is 2.36. The number of alkyl halides is 5.